The molecule has 0 aliphatic rings. The molecule has 0 aromatic carbocycles. The van der Waals surface area contributed by atoms with Crippen LogP contribution in [0.3, 0.4) is 0 Å². The predicted octanol–water partition coefficient (Wildman–Crippen LogP) is 0.317. The number of carbonyl (C=O) groups is 2. The lowest BCUT2D eigenvalue weighted by atomic mass is 10.4. The van der Waals surface area contributed by atoms with Crippen molar-refractivity contribution in [3.8, 4) is 0 Å². The highest BCUT2D eigenvalue weighted by molar-refractivity contribution is 5.76. The van der Waals surface area contributed by atoms with Gasteiger partial charge < -0.3 is 19.8 Å². The largest absolute Gasteiger partial charge is 0.463 e. The maximum absolute atomic E-state index is 11.5. The highest BCUT2D eigenvalue weighted by Gasteiger charge is 2.10. The summed E-state index contributed by atoms with van der Waals surface area (Å²) in [6.45, 7) is 1.52. The molecule has 0 amide bonds. The van der Waals surface area contributed by atoms with Crippen molar-refractivity contribution in [1.82, 2.24) is 4.57 Å². The van der Waals surface area contributed by atoms with E-state index in [2.05, 4.69) is 0 Å². The summed E-state index contributed by atoms with van der Waals surface area (Å²) in [4.78, 5) is 34.1. The van der Waals surface area contributed by atoms with E-state index in [0.29, 0.717) is 12.3 Å². The molecule has 20 heavy (non-hydrogen) atoms. The second kappa shape index (κ2) is 7.98. The molecule has 0 saturated heterocycles. The Bertz CT molecular complexity index is 524. The van der Waals surface area contributed by atoms with E-state index in [-0.39, 0.29) is 12.1 Å². The van der Waals surface area contributed by atoms with Crippen LogP contribution in [0.15, 0.2) is 23.1 Å². The normalized spacial score (nSPS) is 10.1. The van der Waals surface area contributed by atoms with Gasteiger partial charge in [-0.15, -0.1) is 0 Å². The van der Waals surface area contributed by atoms with Crippen LogP contribution in [0, 0.1) is 0 Å². The first kappa shape index (κ1) is 15.7. The average molecular weight is 282 g/mol. The quantitative estimate of drug-likeness (QED) is 0.571. The predicted molar refractivity (Wildman–Crippen MR) is 71.9 cm³/mol. The fourth-order valence-electron chi connectivity index (χ4n) is 1.37. The van der Waals surface area contributed by atoms with Gasteiger partial charge in [0.15, 0.2) is 6.61 Å². The summed E-state index contributed by atoms with van der Waals surface area (Å²) in [5.74, 6) is -1.31. The Kier molecular flexibility index (Phi) is 6.28. The van der Waals surface area contributed by atoms with Gasteiger partial charge in [0.05, 0.1) is 6.61 Å². The Morgan fingerprint density at radius 1 is 1.25 bits per heavy atom. The van der Waals surface area contributed by atoms with Crippen molar-refractivity contribution in [3.63, 3.8) is 0 Å². The van der Waals surface area contributed by atoms with Crippen LogP contribution in [0.25, 0.3) is 0 Å². The van der Waals surface area contributed by atoms with Crippen molar-refractivity contribution in [2.75, 3.05) is 18.9 Å². The van der Waals surface area contributed by atoms with Crippen LogP contribution >= 0.6 is 0 Å². The number of aromatic nitrogens is 1. The third-order valence-corrected chi connectivity index (χ3v) is 2.42. The number of hydrogen-bond donors (Lipinski definition) is 1. The molecule has 0 aliphatic carbocycles. The lowest BCUT2D eigenvalue weighted by Crippen LogP contribution is -2.26. The number of esters is 2. The SMILES string of the molecule is CCCCOC(=O)COC(=O)Cn1cc(N)ccc1=O. The van der Waals surface area contributed by atoms with Crippen molar-refractivity contribution < 1.29 is 19.1 Å². The maximum Gasteiger partial charge on any atom is 0.344 e. The minimum Gasteiger partial charge on any atom is -0.463 e. The first-order chi connectivity index (χ1) is 9.52. The molecule has 0 spiro atoms. The molecule has 0 saturated carbocycles. The van der Waals surface area contributed by atoms with Crippen molar-refractivity contribution in [2.24, 2.45) is 0 Å². The summed E-state index contributed by atoms with van der Waals surface area (Å²) >= 11 is 0. The molecular weight excluding hydrogens is 264 g/mol. The fourth-order valence-corrected chi connectivity index (χ4v) is 1.37. The number of ether oxygens (including phenoxy) is 2. The zero-order chi connectivity index (χ0) is 15.0. The van der Waals surface area contributed by atoms with Gasteiger partial charge in [0.2, 0.25) is 0 Å². The molecule has 1 aromatic rings. The van der Waals surface area contributed by atoms with Gasteiger partial charge in [0.25, 0.3) is 5.56 Å². The number of nitrogens with zero attached hydrogens (tertiary/aromatic N) is 1. The van der Waals surface area contributed by atoms with Gasteiger partial charge >= 0.3 is 11.9 Å². The van der Waals surface area contributed by atoms with Crippen molar-refractivity contribution in [2.45, 2.75) is 26.3 Å². The van der Waals surface area contributed by atoms with Gasteiger partial charge in [0, 0.05) is 18.0 Å². The van der Waals surface area contributed by atoms with Crippen molar-refractivity contribution >= 4 is 17.6 Å². The first-order valence-corrected chi connectivity index (χ1v) is 6.30. The van der Waals surface area contributed by atoms with Crippen LogP contribution < -0.4 is 11.3 Å². The zero-order valence-electron chi connectivity index (χ0n) is 11.3. The second-order valence-electron chi connectivity index (χ2n) is 4.16. The van der Waals surface area contributed by atoms with E-state index in [4.69, 9.17) is 15.2 Å². The lowest BCUT2D eigenvalue weighted by molar-refractivity contribution is -0.159. The van der Waals surface area contributed by atoms with Gasteiger partial charge in [-0.25, -0.2) is 4.79 Å². The summed E-state index contributed by atoms with van der Waals surface area (Å²) in [5.41, 5.74) is 5.49. The molecular formula is C13H18N2O5. The van der Waals surface area contributed by atoms with Crippen molar-refractivity contribution in [3.05, 3.63) is 28.7 Å². The van der Waals surface area contributed by atoms with Crippen LogP contribution in [0.1, 0.15) is 19.8 Å². The third kappa shape index (κ3) is 5.55. The summed E-state index contributed by atoms with van der Waals surface area (Å²) in [7, 11) is 0. The van der Waals surface area contributed by atoms with Crippen LogP contribution in [0.5, 0.6) is 0 Å². The Labute approximate surface area is 116 Å². The highest BCUT2D eigenvalue weighted by Crippen LogP contribution is 1.96. The van der Waals surface area contributed by atoms with E-state index >= 15 is 0 Å². The molecule has 0 bridgehead atoms. The standard InChI is InChI=1S/C13H18N2O5/c1-2-3-6-19-13(18)9-20-12(17)8-15-7-10(14)4-5-11(15)16/h4-5,7H,2-3,6,8-9,14H2,1H3. The van der Waals surface area contributed by atoms with E-state index in [1.807, 2.05) is 6.92 Å². The number of rotatable bonds is 7. The molecule has 0 radical (unpaired) electrons. The molecule has 0 fully saturated rings. The molecule has 0 unspecified atom stereocenters. The number of carbonyl (C=O) groups excluding carboxylic acids is 2. The van der Waals surface area contributed by atoms with Gasteiger partial charge in [-0.2, -0.15) is 0 Å². The molecule has 0 atom stereocenters. The average Bonchev–Trinajstić information content (AvgIpc) is 2.41. The van der Waals surface area contributed by atoms with Gasteiger partial charge in [-0.1, -0.05) is 13.3 Å². The van der Waals surface area contributed by atoms with Gasteiger partial charge in [-0.3, -0.25) is 9.59 Å². The second-order valence-corrected chi connectivity index (χ2v) is 4.16. The summed E-state index contributed by atoms with van der Waals surface area (Å²) < 4.78 is 10.7. The number of pyridine rings is 1. The lowest BCUT2D eigenvalue weighted by Gasteiger charge is -2.07. The van der Waals surface area contributed by atoms with E-state index in [9.17, 15) is 14.4 Å². The number of anilines is 1. The number of unbranched alkanes of at least 4 members (excludes halogenated alkanes) is 1. The van der Waals surface area contributed by atoms with Gasteiger partial charge in [-0.05, 0) is 12.5 Å². The maximum atomic E-state index is 11.5. The third-order valence-electron chi connectivity index (χ3n) is 2.42. The Hall–Kier alpha value is -2.31. The number of nitrogen functional groups attached to an aromatic ring is 1. The molecule has 7 heteroatoms. The van der Waals surface area contributed by atoms with Crippen LogP contribution in [-0.4, -0.2) is 29.7 Å². The minimum absolute atomic E-state index is 0.299. The van der Waals surface area contributed by atoms with Crippen LogP contribution in [0.4, 0.5) is 5.69 Å². The highest BCUT2D eigenvalue weighted by atomic mass is 16.6. The van der Waals surface area contributed by atoms with E-state index < -0.39 is 18.5 Å². The summed E-state index contributed by atoms with van der Waals surface area (Å²) in [5, 5.41) is 0. The van der Waals surface area contributed by atoms with E-state index in [1.165, 1.54) is 18.3 Å². The molecule has 1 heterocycles. The van der Waals surface area contributed by atoms with E-state index in [1.54, 1.807) is 0 Å². The zero-order valence-corrected chi connectivity index (χ0v) is 11.3. The Balaban J connectivity index is 2.38. The molecule has 1 aromatic heterocycles. The molecule has 0 aliphatic heterocycles. The monoisotopic (exact) mass is 282 g/mol. The number of hydrogen-bond acceptors (Lipinski definition) is 6. The van der Waals surface area contributed by atoms with E-state index in [0.717, 1.165) is 17.4 Å². The van der Waals surface area contributed by atoms with Crippen LogP contribution in [-0.2, 0) is 25.6 Å². The summed E-state index contributed by atoms with van der Waals surface area (Å²) in [6, 6.07) is 2.69. The topological polar surface area (TPSA) is 101 Å². The van der Waals surface area contributed by atoms with Gasteiger partial charge in [0.1, 0.15) is 6.54 Å². The summed E-state index contributed by atoms with van der Waals surface area (Å²) in [6.07, 6.45) is 3.01. The molecule has 7 nitrogen and oxygen atoms in total. The fraction of sp³-hybridized carbons (Fsp3) is 0.462. The Morgan fingerprint density at radius 3 is 2.70 bits per heavy atom. The first-order valence-electron chi connectivity index (χ1n) is 6.30. The smallest absolute Gasteiger partial charge is 0.344 e. The molecule has 1 rings (SSSR count). The van der Waals surface area contributed by atoms with Crippen LogP contribution in [0.2, 0.25) is 0 Å². The Morgan fingerprint density at radius 2 is 2.00 bits per heavy atom. The number of nitrogens with two attached hydrogens (primary N) is 1. The molecule has 110 valence electrons. The minimum atomic E-state index is -0.704. The van der Waals surface area contributed by atoms with Crippen molar-refractivity contribution in [1.29, 1.82) is 0 Å². The molecule has 2 N–H and O–H groups in total.